The van der Waals surface area contributed by atoms with Crippen molar-refractivity contribution in [3.05, 3.63) is 106 Å². The summed E-state index contributed by atoms with van der Waals surface area (Å²) in [4.78, 5) is 6.74. The first-order valence-electron chi connectivity index (χ1n) is 11.4. The number of hydrogen-bond donors (Lipinski definition) is 1. The molecule has 1 N–H and O–H groups in total. The van der Waals surface area contributed by atoms with Gasteiger partial charge in [-0.05, 0) is 86.9 Å². The Morgan fingerprint density at radius 2 is 1.63 bits per heavy atom. The van der Waals surface area contributed by atoms with Crippen molar-refractivity contribution in [1.29, 1.82) is 0 Å². The number of rotatable bonds is 4. The Morgan fingerprint density at radius 3 is 2.31 bits per heavy atom. The zero-order valence-electron chi connectivity index (χ0n) is 20.0. The Kier molecular flexibility index (Phi) is 5.94. The summed E-state index contributed by atoms with van der Waals surface area (Å²) in [6.45, 7) is 8.14. The maximum absolute atomic E-state index is 13.7. The highest BCUT2D eigenvalue weighted by Crippen LogP contribution is 2.39. The van der Waals surface area contributed by atoms with Gasteiger partial charge in [-0.15, -0.1) is 0 Å². The van der Waals surface area contributed by atoms with E-state index in [4.69, 9.17) is 21.7 Å². The SMILES string of the molecule is CC1=C(c2nc(-c3cccc(C)c3)no2)C(c2ccc(F)cc2)NC(=S)N1c1cc(C)cc(C)c1. The molecule has 0 amide bonds. The van der Waals surface area contributed by atoms with Crippen LogP contribution in [-0.4, -0.2) is 15.3 Å². The minimum absolute atomic E-state index is 0.300. The summed E-state index contributed by atoms with van der Waals surface area (Å²) in [5.74, 6) is 0.594. The monoisotopic (exact) mass is 484 g/mol. The number of halogens is 1. The van der Waals surface area contributed by atoms with Crippen molar-refractivity contribution >= 4 is 28.6 Å². The number of aromatic nitrogens is 2. The second-order valence-corrected chi connectivity index (χ2v) is 9.29. The summed E-state index contributed by atoms with van der Waals surface area (Å²) in [5.41, 5.74) is 7.71. The van der Waals surface area contributed by atoms with Crippen molar-refractivity contribution in [2.45, 2.75) is 33.7 Å². The number of thiocarbonyl (C=S) groups is 1. The number of anilines is 1. The zero-order valence-corrected chi connectivity index (χ0v) is 20.8. The predicted octanol–water partition coefficient (Wildman–Crippen LogP) is 6.67. The van der Waals surface area contributed by atoms with E-state index in [2.05, 4.69) is 42.5 Å². The third kappa shape index (κ3) is 4.47. The van der Waals surface area contributed by atoms with Gasteiger partial charge in [-0.25, -0.2) is 4.39 Å². The minimum atomic E-state index is -0.379. The molecule has 5 rings (SSSR count). The molecule has 0 spiro atoms. The van der Waals surface area contributed by atoms with E-state index >= 15 is 0 Å². The van der Waals surface area contributed by atoms with Gasteiger partial charge in [0, 0.05) is 16.9 Å². The van der Waals surface area contributed by atoms with E-state index in [-0.39, 0.29) is 11.9 Å². The molecule has 1 atom stereocenters. The molecule has 3 aromatic carbocycles. The molecule has 0 saturated heterocycles. The summed E-state index contributed by atoms with van der Waals surface area (Å²) >= 11 is 5.81. The zero-order chi connectivity index (χ0) is 24.7. The summed E-state index contributed by atoms with van der Waals surface area (Å²) in [6, 6.07) is 20.3. The molecule has 1 aliphatic rings. The number of hydrogen-bond acceptors (Lipinski definition) is 4. The van der Waals surface area contributed by atoms with E-state index in [1.165, 1.54) is 12.1 Å². The van der Waals surface area contributed by atoms with Crippen LogP contribution in [0.2, 0.25) is 0 Å². The van der Waals surface area contributed by atoms with Crippen LogP contribution in [0.4, 0.5) is 10.1 Å². The fraction of sp³-hybridized carbons (Fsp3) is 0.179. The van der Waals surface area contributed by atoms with Gasteiger partial charge in [-0.2, -0.15) is 4.98 Å². The van der Waals surface area contributed by atoms with E-state index in [1.807, 2.05) is 43.0 Å². The summed E-state index contributed by atoms with van der Waals surface area (Å²) < 4.78 is 19.5. The van der Waals surface area contributed by atoms with Crippen molar-refractivity contribution < 1.29 is 8.91 Å². The van der Waals surface area contributed by atoms with E-state index in [9.17, 15) is 4.39 Å². The fourth-order valence-electron chi connectivity index (χ4n) is 4.55. The number of aryl methyl sites for hydroxylation is 3. The predicted molar refractivity (Wildman–Crippen MR) is 140 cm³/mol. The lowest BCUT2D eigenvalue weighted by molar-refractivity contribution is 0.404. The molecule has 1 aliphatic heterocycles. The quantitative estimate of drug-likeness (QED) is 0.327. The van der Waals surface area contributed by atoms with Crippen LogP contribution in [0, 0.1) is 26.6 Å². The molecule has 7 heteroatoms. The average Bonchev–Trinajstić information content (AvgIpc) is 3.28. The van der Waals surface area contributed by atoms with Crippen LogP contribution in [0.3, 0.4) is 0 Å². The van der Waals surface area contributed by atoms with Gasteiger partial charge in [-0.1, -0.05) is 47.1 Å². The molecule has 1 unspecified atom stereocenters. The Morgan fingerprint density at radius 1 is 0.914 bits per heavy atom. The van der Waals surface area contributed by atoms with Gasteiger partial charge < -0.3 is 9.84 Å². The van der Waals surface area contributed by atoms with Crippen LogP contribution in [0.5, 0.6) is 0 Å². The van der Waals surface area contributed by atoms with E-state index in [1.54, 1.807) is 12.1 Å². The third-order valence-corrected chi connectivity index (χ3v) is 6.39. The highest BCUT2D eigenvalue weighted by atomic mass is 32.1. The van der Waals surface area contributed by atoms with E-state index in [0.717, 1.165) is 44.8 Å². The first-order chi connectivity index (χ1) is 16.8. The summed E-state index contributed by atoms with van der Waals surface area (Å²) in [5, 5.41) is 8.24. The Bertz CT molecular complexity index is 1440. The van der Waals surface area contributed by atoms with Gasteiger partial charge in [0.05, 0.1) is 11.6 Å². The lowest BCUT2D eigenvalue weighted by atomic mass is 9.94. The van der Waals surface area contributed by atoms with Crippen molar-refractivity contribution in [2.75, 3.05) is 4.90 Å². The maximum atomic E-state index is 13.7. The van der Waals surface area contributed by atoms with Crippen LogP contribution < -0.4 is 10.2 Å². The van der Waals surface area contributed by atoms with Crippen LogP contribution in [0.25, 0.3) is 17.0 Å². The van der Waals surface area contributed by atoms with Gasteiger partial charge in [-0.3, -0.25) is 4.90 Å². The average molecular weight is 485 g/mol. The molecule has 35 heavy (non-hydrogen) atoms. The molecule has 2 heterocycles. The number of benzene rings is 3. The van der Waals surface area contributed by atoms with Crippen molar-refractivity contribution in [3.8, 4) is 11.4 Å². The maximum Gasteiger partial charge on any atom is 0.258 e. The van der Waals surface area contributed by atoms with Crippen LogP contribution in [0.15, 0.2) is 77.0 Å². The molecule has 0 aliphatic carbocycles. The number of nitrogens with zero attached hydrogens (tertiary/aromatic N) is 3. The van der Waals surface area contributed by atoms with Gasteiger partial charge in [0.1, 0.15) is 5.82 Å². The molecule has 4 aromatic rings. The van der Waals surface area contributed by atoms with Crippen molar-refractivity contribution in [1.82, 2.24) is 15.5 Å². The molecule has 176 valence electrons. The fourth-order valence-corrected chi connectivity index (χ4v) is 4.91. The first kappa shape index (κ1) is 22.9. The largest absolute Gasteiger partial charge is 0.351 e. The molecule has 5 nitrogen and oxygen atoms in total. The normalized spacial score (nSPS) is 16.0. The number of allylic oxidation sites excluding steroid dienone is 1. The van der Waals surface area contributed by atoms with Crippen LogP contribution in [0.1, 0.15) is 41.1 Å². The molecule has 1 aromatic heterocycles. The third-order valence-electron chi connectivity index (χ3n) is 6.09. The van der Waals surface area contributed by atoms with Gasteiger partial charge >= 0.3 is 0 Å². The van der Waals surface area contributed by atoms with Gasteiger partial charge in [0.15, 0.2) is 5.11 Å². The second kappa shape index (κ2) is 9.07. The summed E-state index contributed by atoms with van der Waals surface area (Å²) in [7, 11) is 0. The number of nitrogens with one attached hydrogen (secondary N) is 1. The first-order valence-corrected chi connectivity index (χ1v) is 11.8. The Labute approximate surface area is 209 Å². The molecule has 0 bridgehead atoms. The van der Waals surface area contributed by atoms with E-state index in [0.29, 0.717) is 16.8 Å². The highest BCUT2D eigenvalue weighted by molar-refractivity contribution is 7.80. The molecular formula is C28H25FN4OS. The van der Waals surface area contributed by atoms with Gasteiger partial charge in [0.2, 0.25) is 5.82 Å². The Hall–Kier alpha value is -3.84. The standard InChI is InChI=1S/C28H25FN4OS/c1-16-6-5-7-21(13-16)26-31-27(34-32-26)24-19(4)33(23-14-17(2)12-18(3)15-23)28(35)30-25(24)20-8-10-22(29)11-9-20/h5-15,25H,1-4H3,(H,30,35). The second-order valence-electron chi connectivity index (χ2n) is 8.91. The Balaban J connectivity index is 1.67. The highest BCUT2D eigenvalue weighted by Gasteiger charge is 2.35. The van der Waals surface area contributed by atoms with Gasteiger partial charge in [0.25, 0.3) is 5.89 Å². The summed E-state index contributed by atoms with van der Waals surface area (Å²) in [6.07, 6.45) is 0. The molecule has 0 radical (unpaired) electrons. The van der Waals surface area contributed by atoms with Crippen LogP contribution in [-0.2, 0) is 0 Å². The lowest BCUT2D eigenvalue weighted by Gasteiger charge is -2.37. The molecular weight excluding hydrogens is 459 g/mol. The smallest absolute Gasteiger partial charge is 0.258 e. The van der Waals surface area contributed by atoms with Crippen molar-refractivity contribution in [3.63, 3.8) is 0 Å². The van der Waals surface area contributed by atoms with Crippen molar-refractivity contribution in [2.24, 2.45) is 0 Å². The van der Waals surface area contributed by atoms with E-state index < -0.39 is 0 Å². The molecule has 0 saturated carbocycles. The topological polar surface area (TPSA) is 54.2 Å². The molecule has 0 fully saturated rings. The lowest BCUT2D eigenvalue weighted by Crippen LogP contribution is -2.46. The minimum Gasteiger partial charge on any atom is -0.351 e. The van der Waals surface area contributed by atoms with Crippen LogP contribution >= 0.6 is 12.2 Å².